The molecule has 0 aliphatic heterocycles. The van der Waals surface area contributed by atoms with E-state index >= 15 is 0 Å². The molecule has 1 atom stereocenters. The molecule has 2 rings (SSSR count). The molecule has 0 radical (unpaired) electrons. The molecule has 4 nitrogen and oxygen atoms in total. The molecular weight excluding hydrogens is 350 g/mol. The van der Waals surface area contributed by atoms with Gasteiger partial charge in [0.2, 0.25) is 0 Å². The maximum absolute atomic E-state index is 12.9. The third-order valence-electron chi connectivity index (χ3n) is 5.53. The van der Waals surface area contributed by atoms with Gasteiger partial charge in [0.15, 0.2) is 5.60 Å². The van der Waals surface area contributed by atoms with Gasteiger partial charge in [-0.3, -0.25) is 0 Å². The van der Waals surface area contributed by atoms with Gasteiger partial charge in [-0.2, -0.15) is 0 Å². The van der Waals surface area contributed by atoms with Crippen LogP contribution in [0.3, 0.4) is 0 Å². The Bertz CT molecular complexity index is 539. The summed E-state index contributed by atoms with van der Waals surface area (Å²) in [6, 6.07) is 7.64. The quantitative estimate of drug-likeness (QED) is 0.687. The van der Waals surface area contributed by atoms with Crippen LogP contribution in [0.2, 0.25) is 0 Å². The van der Waals surface area contributed by atoms with E-state index in [1.54, 1.807) is 0 Å². The van der Waals surface area contributed by atoms with Crippen molar-refractivity contribution in [3.8, 4) is 0 Å². The molecule has 1 N–H and O–H groups in total. The van der Waals surface area contributed by atoms with E-state index in [1.807, 2.05) is 31.2 Å². The van der Waals surface area contributed by atoms with Crippen LogP contribution in [-0.2, 0) is 15.1 Å². The second-order valence-electron chi connectivity index (χ2n) is 7.13. The van der Waals surface area contributed by atoms with Crippen molar-refractivity contribution in [1.82, 2.24) is 4.90 Å². The minimum absolute atomic E-state index is 0. The SMILES string of the molecule is CCN(CC)CCOC(=O)C(O)(c1ccc(C)cc1)C1CCCCC1.Cl. The average Bonchev–Trinajstić information content (AvgIpc) is 2.65. The summed E-state index contributed by atoms with van der Waals surface area (Å²) in [5.74, 6) is -0.555. The van der Waals surface area contributed by atoms with Crippen molar-refractivity contribution in [2.24, 2.45) is 5.92 Å². The molecule has 0 spiro atoms. The summed E-state index contributed by atoms with van der Waals surface area (Å²) in [5, 5.41) is 11.5. The third kappa shape index (κ3) is 5.45. The highest BCUT2D eigenvalue weighted by atomic mass is 35.5. The number of halogens is 1. The zero-order valence-electron chi connectivity index (χ0n) is 16.4. The van der Waals surface area contributed by atoms with Crippen LogP contribution >= 0.6 is 12.4 Å². The van der Waals surface area contributed by atoms with Gasteiger partial charge in [-0.25, -0.2) is 4.79 Å². The van der Waals surface area contributed by atoms with Gasteiger partial charge in [0, 0.05) is 12.5 Å². The lowest BCUT2D eigenvalue weighted by Crippen LogP contribution is -2.45. The highest BCUT2D eigenvalue weighted by Crippen LogP contribution is 2.40. The van der Waals surface area contributed by atoms with Crippen LogP contribution in [-0.4, -0.2) is 42.2 Å². The van der Waals surface area contributed by atoms with Crippen LogP contribution in [0.1, 0.15) is 57.1 Å². The van der Waals surface area contributed by atoms with Crippen molar-refractivity contribution < 1.29 is 14.6 Å². The van der Waals surface area contributed by atoms with Crippen molar-refractivity contribution in [2.45, 2.75) is 58.5 Å². The summed E-state index contributed by atoms with van der Waals surface area (Å²) in [5.41, 5.74) is 0.250. The fraction of sp³-hybridized carbons (Fsp3) is 0.667. The van der Waals surface area contributed by atoms with Crippen LogP contribution in [0, 0.1) is 12.8 Å². The number of hydrogen-bond acceptors (Lipinski definition) is 4. The summed E-state index contributed by atoms with van der Waals surface area (Å²) < 4.78 is 5.55. The minimum atomic E-state index is -1.53. The molecule has 5 heteroatoms. The number of aliphatic hydroxyl groups is 1. The molecule has 26 heavy (non-hydrogen) atoms. The largest absolute Gasteiger partial charge is 0.462 e. The molecule has 1 saturated carbocycles. The second-order valence-corrected chi connectivity index (χ2v) is 7.13. The van der Waals surface area contributed by atoms with Crippen molar-refractivity contribution in [2.75, 3.05) is 26.2 Å². The number of benzene rings is 1. The Morgan fingerprint density at radius 2 is 1.73 bits per heavy atom. The molecule has 0 saturated heterocycles. The monoisotopic (exact) mass is 383 g/mol. The molecule has 0 bridgehead atoms. The highest BCUT2D eigenvalue weighted by molar-refractivity contribution is 5.85. The van der Waals surface area contributed by atoms with E-state index in [-0.39, 0.29) is 18.3 Å². The number of rotatable bonds is 8. The first-order valence-corrected chi connectivity index (χ1v) is 9.71. The lowest BCUT2D eigenvalue weighted by molar-refractivity contribution is -0.176. The van der Waals surface area contributed by atoms with E-state index < -0.39 is 11.6 Å². The van der Waals surface area contributed by atoms with Gasteiger partial charge < -0.3 is 14.7 Å². The molecule has 0 amide bonds. The number of likely N-dealkylation sites (N-methyl/N-ethyl adjacent to an activating group) is 1. The van der Waals surface area contributed by atoms with Crippen LogP contribution in [0.25, 0.3) is 0 Å². The predicted molar refractivity (Wildman–Crippen MR) is 108 cm³/mol. The van der Waals surface area contributed by atoms with E-state index in [0.717, 1.165) is 44.3 Å². The van der Waals surface area contributed by atoms with Crippen LogP contribution in [0.15, 0.2) is 24.3 Å². The Hall–Kier alpha value is -1.10. The molecule has 148 valence electrons. The van der Waals surface area contributed by atoms with E-state index in [4.69, 9.17) is 4.74 Å². The molecule has 1 aliphatic carbocycles. The van der Waals surface area contributed by atoms with Gasteiger partial charge in [0.05, 0.1) is 0 Å². The minimum Gasteiger partial charge on any atom is -0.462 e. The first-order valence-electron chi connectivity index (χ1n) is 9.71. The van der Waals surface area contributed by atoms with Gasteiger partial charge in [-0.15, -0.1) is 12.4 Å². The molecule has 1 aromatic carbocycles. The maximum atomic E-state index is 12.9. The highest BCUT2D eigenvalue weighted by Gasteiger charge is 2.47. The van der Waals surface area contributed by atoms with E-state index in [9.17, 15) is 9.90 Å². The fourth-order valence-electron chi connectivity index (χ4n) is 3.77. The first kappa shape index (κ1) is 22.9. The second kappa shape index (κ2) is 10.9. The number of carbonyl (C=O) groups is 1. The number of nitrogens with zero attached hydrogens (tertiary/aromatic N) is 1. The first-order chi connectivity index (χ1) is 12.0. The number of hydrogen-bond donors (Lipinski definition) is 1. The molecule has 1 aliphatic rings. The summed E-state index contributed by atoms with van der Waals surface area (Å²) in [6.45, 7) is 9.07. The average molecular weight is 384 g/mol. The van der Waals surface area contributed by atoms with Crippen molar-refractivity contribution in [1.29, 1.82) is 0 Å². The van der Waals surface area contributed by atoms with Crippen LogP contribution in [0.4, 0.5) is 0 Å². The van der Waals surface area contributed by atoms with Crippen molar-refractivity contribution >= 4 is 18.4 Å². The molecule has 1 unspecified atom stereocenters. The van der Waals surface area contributed by atoms with E-state index in [0.29, 0.717) is 18.7 Å². The Kier molecular flexibility index (Phi) is 9.62. The lowest BCUT2D eigenvalue weighted by Gasteiger charge is -2.37. The van der Waals surface area contributed by atoms with Gasteiger partial charge >= 0.3 is 5.97 Å². The van der Waals surface area contributed by atoms with Crippen molar-refractivity contribution in [3.63, 3.8) is 0 Å². The molecule has 1 aromatic rings. The standard InChI is InChI=1S/C21H33NO3.ClH/c1-4-22(5-2)15-16-25-20(23)21(24,18-9-7-6-8-10-18)19-13-11-17(3)12-14-19;/h11-14,18,24H,4-10,15-16H2,1-3H3;1H. The fourth-order valence-corrected chi connectivity index (χ4v) is 3.77. The summed E-state index contributed by atoms with van der Waals surface area (Å²) in [6.07, 6.45) is 5.04. The normalized spacial score (nSPS) is 17.4. The van der Waals surface area contributed by atoms with E-state index in [2.05, 4.69) is 18.7 Å². The van der Waals surface area contributed by atoms with Gasteiger partial charge in [-0.05, 0) is 38.4 Å². The molecule has 0 heterocycles. The molecule has 1 fully saturated rings. The smallest absolute Gasteiger partial charge is 0.343 e. The molecular formula is C21H34ClNO3. The Morgan fingerprint density at radius 1 is 1.15 bits per heavy atom. The zero-order valence-corrected chi connectivity index (χ0v) is 17.2. The summed E-state index contributed by atoms with van der Waals surface area (Å²) >= 11 is 0. The number of carbonyl (C=O) groups excluding carboxylic acids is 1. The Labute approximate surface area is 164 Å². The maximum Gasteiger partial charge on any atom is 0.343 e. The van der Waals surface area contributed by atoms with Gasteiger partial charge in [0.25, 0.3) is 0 Å². The number of ether oxygens (including phenoxy) is 1. The predicted octanol–water partition coefficient (Wildman–Crippen LogP) is 4.07. The third-order valence-corrected chi connectivity index (χ3v) is 5.53. The number of esters is 1. The Morgan fingerprint density at radius 3 is 2.27 bits per heavy atom. The topological polar surface area (TPSA) is 49.8 Å². The van der Waals surface area contributed by atoms with Crippen LogP contribution in [0.5, 0.6) is 0 Å². The Balaban J connectivity index is 0.00000338. The molecule has 0 aromatic heterocycles. The van der Waals surface area contributed by atoms with E-state index in [1.165, 1.54) is 6.42 Å². The van der Waals surface area contributed by atoms with Crippen LogP contribution < -0.4 is 0 Å². The number of aryl methyl sites for hydroxylation is 1. The zero-order chi connectivity index (χ0) is 18.3. The summed E-state index contributed by atoms with van der Waals surface area (Å²) in [4.78, 5) is 15.1. The van der Waals surface area contributed by atoms with Gasteiger partial charge in [0.1, 0.15) is 6.61 Å². The van der Waals surface area contributed by atoms with Gasteiger partial charge in [-0.1, -0.05) is 62.9 Å². The van der Waals surface area contributed by atoms with Crippen molar-refractivity contribution in [3.05, 3.63) is 35.4 Å². The summed E-state index contributed by atoms with van der Waals surface area (Å²) in [7, 11) is 0. The lowest BCUT2D eigenvalue weighted by atomic mass is 9.73.